The van der Waals surface area contributed by atoms with Crippen LogP contribution in [0.1, 0.15) is 76.6 Å². The molecule has 0 radical (unpaired) electrons. The number of aromatic nitrogens is 3. The van der Waals surface area contributed by atoms with Crippen molar-refractivity contribution in [2.24, 2.45) is 5.92 Å². The summed E-state index contributed by atoms with van der Waals surface area (Å²) in [5.41, 5.74) is 1.29. The van der Waals surface area contributed by atoms with Gasteiger partial charge in [0.2, 0.25) is 5.91 Å². The Bertz CT molecular complexity index is 802. The molecule has 1 aromatic heterocycles. The minimum absolute atomic E-state index is 0.0943. The van der Waals surface area contributed by atoms with Crippen molar-refractivity contribution >= 4 is 11.9 Å². The molecule has 9 heteroatoms. The largest absolute Gasteiger partial charge is 0.365 e. The Morgan fingerprint density at radius 1 is 1.19 bits per heavy atom. The van der Waals surface area contributed by atoms with Gasteiger partial charge in [-0.25, -0.2) is 9.48 Å². The Morgan fingerprint density at radius 2 is 1.97 bits per heavy atom. The van der Waals surface area contributed by atoms with Crippen molar-refractivity contribution in [3.63, 3.8) is 0 Å². The van der Waals surface area contributed by atoms with Crippen LogP contribution in [0.5, 0.6) is 0 Å². The van der Waals surface area contributed by atoms with E-state index in [0.29, 0.717) is 45.8 Å². The van der Waals surface area contributed by atoms with E-state index in [9.17, 15) is 9.59 Å². The lowest BCUT2D eigenvalue weighted by atomic mass is 9.86. The number of carbonyl (C=O) groups excluding carboxylic acids is 2. The molecular weight excluding hydrogens is 408 g/mol. The van der Waals surface area contributed by atoms with E-state index in [2.05, 4.69) is 15.6 Å². The average molecular weight is 447 g/mol. The third-order valence-corrected chi connectivity index (χ3v) is 7.49. The first-order valence-electron chi connectivity index (χ1n) is 12.4. The quantitative estimate of drug-likeness (QED) is 0.695. The number of likely N-dealkylation sites (tertiary alicyclic amines) is 1. The first-order chi connectivity index (χ1) is 15.5. The summed E-state index contributed by atoms with van der Waals surface area (Å²) >= 11 is 0. The number of urea groups is 1. The molecule has 1 atom stereocenters. The van der Waals surface area contributed by atoms with Crippen LogP contribution in [0.15, 0.2) is 0 Å². The van der Waals surface area contributed by atoms with Crippen LogP contribution in [-0.2, 0) is 29.2 Å². The second kappa shape index (κ2) is 10.2. The average Bonchev–Trinajstić information content (AvgIpc) is 3.41. The van der Waals surface area contributed by atoms with Crippen LogP contribution in [0.2, 0.25) is 0 Å². The molecule has 3 aliphatic rings. The van der Waals surface area contributed by atoms with E-state index in [4.69, 9.17) is 4.74 Å². The van der Waals surface area contributed by atoms with Crippen LogP contribution in [0.4, 0.5) is 4.79 Å². The van der Waals surface area contributed by atoms with E-state index in [0.717, 1.165) is 36.7 Å². The summed E-state index contributed by atoms with van der Waals surface area (Å²) < 4.78 is 8.21. The molecule has 1 saturated heterocycles. The molecule has 32 heavy (non-hydrogen) atoms. The van der Waals surface area contributed by atoms with Crippen molar-refractivity contribution in [3.8, 4) is 0 Å². The van der Waals surface area contributed by atoms with Crippen molar-refractivity contribution < 1.29 is 14.3 Å². The summed E-state index contributed by atoms with van der Waals surface area (Å²) in [6.45, 7) is 7.99. The maximum Gasteiger partial charge on any atom is 0.317 e. The SMILES string of the molecule is CCN(CC)C(=O)NCc1nnn2c1COC1(CCN(C(=O)CCC3CCCCC3)C1)C2. The third kappa shape index (κ3) is 5.08. The molecule has 1 saturated carbocycles. The van der Waals surface area contributed by atoms with Crippen molar-refractivity contribution in [1.82, 2.24) is 30.1 Å². The number of rotatable bonds is 7. The molecule has 2 aliphatic heterocycles. The lowest BCUT2D eigenvalue weighted by molar-refractivity contribution is -0.133. The van der Waals surface area contributed by atoms with Gasteiger partial charge in [-0.1, -0.05) is 37.3 Å². The molecule has 1 unspecified atom stereocenters. The van der Waals surface area contributed by atoms with E-state index in [1.54, 1.807) is 4.90 Å². The van der Waals surface area contributed by atoms with Gasteiger partial charge in [-0.15, -0.1) is 5.10 Å². The minimum atomic E-state index is -0.372. The molecule has 1 N–H and O–H groups in total. The molecule has 3 amide bonds. The van der Waals surface area contributed by atoms with Crippen molar-refractivity contribution in [1.29, 1.82) is 0 Å². The van der Waals surface area contributed by atoms with E-state index < -0.39 is 0 Å². The van der Waals surface area contributed by atoms with E-state index in [1.807, 2.05) is 23.4 Å². The van der Waals surface area contributed by atoms with Crippen molar-refractivity contribution in [2.45, 2.75) is 90.5 Å². The number of nitrogens with one attached hydrogen (secondary N) is 1. The number of fused-ring (bicyclic) bond motifs is 1. The first kappa shape index (κ1) is 23.0. The van der Waals surface area contributed by atoms with Gasteiger partial charge in [0.1, 0.15) is 11.3 Å². The van der Waals surface area contributed by atoms with Crippen molar-refractivity contribution in [2.75, 3.05) is 26.2 Å². The van der Waals surface area contributed by atoms with Gasteiger partial charge in [0, 0.05) is 26.1 Å². The van der Waals surface area contributed by atoms with Gasteiger partial charge in [0.25, 0.3) is 0 Å². The second-order valence-corrected chi connectivity index (χ2v) is 9.55. The Morgan fingerprint density at radius 3 is 2.72 bits per heavy atom. The monoisotopic (exact) mass is 446 g/mol. The molecule has 178 valence electrons. The maximum absolute atomic E-state index is 12.8. The third-order valence-electron chi connectivity index (χ3n) is 7.49. The Balaban J connectivity index is 1.29. The van der Waals surface area contributed by atoms with Gasteiger partial charge in [-0.05, 0) is 32.6 Å². The van der Waals surface area contributed by atoms with E-state index in [-0.39, 0.29) is 17.5 Å². The first-order valence-corrected chi connectivity index (χ1v) is 12.4. The van der Waals surface area contributed by atoms with Crippen LogP contribution in [0, 0.1) is 5.92 Å². The van der Waals surface area contributed by atoms with Gasteiger partial charge >= 0.3 is 6.03 Å². The number of carbonyl (C=O) groups is 2. The number of nitrogens with zero attached hydrogens (tertiary/aromatic N) is 5. The van der Waals surface area contributed by atoms with Crippen LogP contribution < -0.4 is 5.32 Å². The fraction of sp³-hybridized carbons (Fsp3) is 0.826. The Hall–Kier alpha value is -2.16. The van der Waals surface area contributed by atoms with Gasteiger partial charge in [-0.2, -0.15) is 0 Å². The van der Waals surface area contributed by atoms with Gasteiger partial charge < -0.3 is 19.9 Å². The summed E-state index contributed by atoms with van der Waals surface area (Å²) in [7, 11) is 0. The van der Waals surface area contributed by atoms with Gasteiger partial charge in [-0.3, -0.25) is 4.79 Å². The molecule has 1 aliphatic carbocycles. The van der Waals surface area contributed by atoms with E-state index >= 15 is 0 Å². The molecule has 9 nitrogen and oxygen atoms in total. The number of ether oxygens (including phenoxy) is 1. The minimum Gasteiger partial charge on any atom is -0.365 e. The van der Waals surface area contributed by atoms with Crippen molar-refractivity contribution in [3.05, 3.63) is 11.4 Å². The number of amides is 3. The highest BCUT2D eigenvalue weighted by atomic mass is 16.5. The van der Waals surface area contributed by atoms with Gasteiger partial charge in [0.15, 0.2) is 0 Å². The molecule has 4 rings (SSSR count). The summed E-state index contributed by atoms with van der Waals surface area (Å²) in [6.07, 6.45) is 9.08. The maximum atomic E-state index is 12.8. The zero-order valence-electron chi connectivity index (χ0n) is 19.6. The molecule has 3 heterocycles. The van der Waals surface area contributed by atoms with E-state index in [1.165, 1.54) is 32.1 Å². The zero-order valence-corrected chi connectivity index (χ0v) is 19.6. The fourth-order valence-electron chi connectivity index (χ4n) is 5.38. The molecule has 0 aromatic carbocycles. The Kier molecular flexibility index (Phi) is 7.33. The number of hydrogen-bond acceptors (Lipinski definition) is 5. The summed E-state index contributed by atoms with van der Waals surface area (Å²) in [4.78, 5) is 28.7. The molecular formula is C23H38N6O3. The topological polar surface area (TPSA) is 92.6 Å². The fourth-order valence-corrected chi connectivity index (χ4v) is 5.38. The summed E-state index contributed by atoms with van der Waals surface area (Å²) in [5.74, 6) is 0.994. The van der Waals surface area contributed by atoms with Gasteiger partial charge in [0.05, 0.1) is 31.9 Å². The lowest BCUT2D eigenvalue weighted by Gasteiger charge is -2.34. The summed E-state index contributed by atoms with van der Waals surface area (Å²) in [6, 6.07) is -0.0943. The Labute approximate surface area is 190 Å². The molecule has 1 aromatic rings. The van der Waals surface area contributed by atoms with Crippen LogP contribution in [0.25, 0.3) is 0 Å². The highest BCUT2D eigenvalue weighted by molar-refractivity contribution is 5.76. The number of hydrogen-bond donors (Lipinski definition) is 1. The van der Waals surface area contributed by atoms with Crippen LogP contribution in [-0.4, -0.2) is 68.5 Å². The standard InChI is InChI=1S/C23H38N6O3/c1-3-27(4-2)22(31)24-14-19-20-15-32-23(17-29(20)26-25-19)12-13-28(16-23)21(30)11-10-18-8-6-5-7-9-18/h18H,3-17H2,1-2H3,(H,24,31). The highest BCUT2D eigenvalue weighted by Gasteiger charge is 2.44. The molecule has 0 bridgehead atoms. The predicted molar refractivity (Wildman–Crippen MR) is 120 cm³/mol. The second-order valence-electron chi connectivity index (χ2n) is 9.55. The molecule has 1 spiro atoms. The molecule has 2 fully saturated rings. The summed E-state index contributed by atoms with van der Waals surface area (Å²) in [5, 5.41) is 11.5. The zero-order chi connectivity index (χ0) is 22.6. The van der Waals surface area contributed by atoms with Crippen LogP contribution >= 0.6 is 0 Å². The predicted octanol–water partition coefficient (Wildman–Crippen LogP) is 2.69. The smallest absolute Gasteiger partial charge is 0.317 e. The lowest BCUT2D eigenvalue weighted by Crippen LogP contribution is -2.45. The normalized spacial score (nSPS) is 23.4. The van der Waals surface area contributed by atoms with Crippen LogP contribution in [0.3, 0.4) is 0 Å². The highest BCUT2D eigenvalue weighted by Crippen LogP contribution is 2.34.